The van der Waals surface area contributed by atoms with Gasteiger partial charge >= 0.3 is 5.97 Å². The first-order valence-corrected chi connectivity index (χ1v) is 9.69. The van der Waals surface area contributed by atoms with E-state index in [1.807, 2.05) is 0 Å². The van der Waals surface area contributed by atoms with Crippen LogP contribution in [0.25, 0.3) is 0 Å². The number of carbonyl (C=O) groups is 4. The Kier molecular flexibility index (Phi) is 10.5. The Bertz CT molecular complexity index is 645. The Hall–Kier alpha value is -2.93. The van der Waals surface area contributed by atoms with Gasteiger partial charge in [0.15, 0.2) is 5.96 Å². The summed E-state index contributed by atoms with van der Waals surface area (Å²) in [6.45, 7) is 1.73. The van der Waals surface area contributed by atoms with Crippen molar-refractivity contribution < 1.29 is 29.4 Å². The van der Waals surface area contributed by atoms with Crippen LogP contribution in [-0.2, 0) is 19.2 Å². The average molecular weight is 429 g/mol. The van der Waals surface area contributed by atoms with Gasteiger partial charge in [-0.25, -0.2) is 4.79 Å². The van der Waals surface area contributed by atoms with Gasteiger partial charge in [-0.2, -0.15) is 0 Å². The van der Waals surface area contributed by atoms with Crippen LogP contribution >= 0.6 is 0 Å². The van der Waals surface area contributed by atoms with Crippen LogP contribution in [0, 0.1) is 0 Å². The van der Waals surface area contributed by atoms with Gasteiger partial charge in [0.1, 0.15) is 12.1 Å². The van der Waals surface area contributed by atoms with E-state index in [1.54, 1.807) is 0 Å². The molecule has 4 atom stereocenters. The lowest BCUT2D eigenvalue weighted by Crippen LogP contribution is -2.57. The van der Waals surface area contributed by atoms with E-state index in [-0.39, 0.29) is 18.9 Å². The minimum atomic E-state index is -1.25. The minimum absolute atomic E-state index is 0.0898. The number of rotatable bonds is 12. The van der Waals surface area contributed by atoms with Crippen LogP contribution in [0.3, 0.4) is 0 Å². The van der Waals surface area contributed by atoms with Gasteiger partial charge in [0, 0.05) is 6.54 Å². The molecule has 0 saturated carbocycles. The summed E-state index contributed by atoms with van der Waals surface area (Å²) in [6.07, 6.45) is 0.683. The van der Waals surface area contributed by atoms with Gasteiger partial charge < -0.3 is 42.9 Å². The van der Waals surface area contributed by atoms with Gasteiger partial charge in [0.05, 0.1) is 18.7 Å². The summed E-state index contributed by atoms with van der Waals surface area (Å²) in [5.41, 5.74) is 10.4. The monoisotopic (exact) mass is 429 g/mol. The second-order valence-electron chi connectivity index (χ2n) is 7.00. The van der Waals surface area contributed by atoms with Crippen LogP contribution in [0.2, 0.25) is 0 Å². The Morgan fingerprint density at radius 2 is 1.93 bits per heavy atom. The van der Waals surface area contributed by atoms with Gasteiger partial charge in [-0.1, -0.05) is 0 Å². The fourth-order valence-electron chi connectivity index (χ4n) is 2.85. The highest BCUT2D eigenvalue weighted by atomic mass is 16.4. The van der Waals surface area contributed by atoms with Crippen molar-refractivity contribution in [3.05, 3.63) is 0 Å². The van der Waals surface area contributed by atoms with E-state index in [0.717, 1.165) is 6.42 Å². The number of nitrogens with zero attached hydrogens (tertiary/aromatic N) is 1. The number of hydrogen-bond acceptors (Lipinski definition) is 7. The van der Waals surface area contributed by atoms with Gasteiger partial charge in [-0.05, 0) is 39.2 Å². The number of aliphatic hydroxyl groups is 1. The zero-order valence-corrected chi connectivity index (χ0v) is 16.9. The fraction of sp³-hybridized carbons (Fsp3) is 0.706. The number of carboxylic acids is 1. The molecule has 1 aliphatic heterocycles. The molecule has 1 aliphatic rings. The van der Waals surface area contributed by atoms with Gasteiger partial charge in [-0.15, -0.1) is 0 Å². The van der Waals surface area contributed by atoms with Crippen LogP contribution in [0.5, 0.6) is 0 Å². The molecular weight excluding hydrogens is 398 g/mol. The Morgan fingerprint density at radius 1 is 1.23 bits per heavy atom. The maximum absolute atomic E-state index is 12.3. The normalized spacial score (nSPS) is 18.5. The molecule has 1 fully saturated rings. The van der Waals surface area contributed by atoms with Crippen molar-refractivity contribution in [1.82, 2.24) is 21.3 Å². The van der Waals surface area contributed by atoms with E-state index in [1.165, 1.54) is 6.92 Å². The molecule has 0 aromatic heterocycles. The highest BCUT2D eigenvalue weighted by Gasteiger charge is 2.30. The third-order valence-electron chi connectivity index (χ3n) is 4.44. The maximum Gasteiger partial charge on any atom is 0.326 e. The molecule has 1 saturated heterocycles. The van der Waals surface area contributed by atoms with Crippen molar-refractivity contribution in [3.63, 3.8) is 0 Å². The molecule has 170 valence electrons. The summed E-state index contributed by atoms with van der Waals surface area (Å²) in [5, 5.41) is 29.0. The molecule has 0 aromatic rings. The van der Waals surface area contributed by atoms with Crippen molar-refractivity contribution in [1.29, 1.82) is 0 Å². The predicted octanol–water partition coefficient (Wildman–Crippen LogP) is -3.66. The largest absolute Gasteiger partial charge is 0.480 e. The molecule has 3 amide bonds. The number of amides is 3. The van der Waals surface area contributed by atoms with Crippen LogP contribution in [0.1, 0.15) is 32.6 Å². The molecular formula is C17H31N7O6. The number of carboxylic acid groups (broad SMARTS) is 1. The number of hydrogen-bond donors (Lipinski definition) is 8. The van der Waals surface area contributed by atoms with Crippen molar-refractivity contribution in [2.75, 3.05) is 19.6 Å². The van der Waals surface area contributed by atoms with E-state index in [9.17, 15) is 29.4 Å². The quantitative estimate of drug-likeness (QED) is 0.0868. The predicted molar refractivity (Wildman–Crippen MR) is 107 cm³/mol. The molecule has 1 rings (SSSR count). The number of aliphatic imine (C=N–C) groups is 1. The van der Waals surface area contributed by atoms with E-state index in [2.05, 4.69) is 26.3 Å². The second-order valence-corrected chi connectivity index (χ2v) is 7.00. The van der Waals surface area contributed by atoms with Crippen LogP contribution < -0.4 is 32.7 Å². The fourth-order valence-corrected chi connectivity index (χ4v) is 2.85. The zero-order valence-electron chi connectivity index (χ0n) is 16.9. The summed E-state index contributed by atoms with van der Waals surface area (Å²) in [4.78, 5) is 51.5. The molecule has 13 heteroatoms. The second kappa shape index (κ2) is 12.6. The van der Waals surface area contributed by atoms with Crippen molar-refractivity contribution >= 4 is 29.7 Å². The number of nitrogens with two attached hydrogens (primary N) is 2. The molecule has 10 N–H and O–H groups in total. The lowest BCUT2D eigenvalue weighted by Gasteiger charge is -2.23. The molecule has 0 aliphatic carbocycles. The number of nitrogens with one attached hydrogen (secondary N) is 4. The zero-order chi connectivity index (χ0) is 22.7. The first-order chi connectivity index (χ1) is 14.1. The van der Waals surface area contributed by atoms with E-state index in [0.29, 0.717) is 19.4 Å². The third-order valence-corrected chi connectivity index (χ3v) is 4.44. The molecule has 4 unspecified atom stereocenters. The average Bonchev–Trinajstić information content (AvgIpc) is 3.20. The first-order valence-electron chi connectivity index (χ1n) is 9.69. The standard InChI is InChI=1S/C17H31N7O6/c1-9(25)13(24-14(27)10-4-2-6-20-10)15(28)22-8-12(26)23-11(16(29)30)5-3-7-21-17(18)19/h9-11,13,20,25H,2-8H2,1H3,(H,22,28)(H,23,26)(H,24,27)(H,29,30)(H4,18,19,21). The smallest absolute Gasteiger partial charge is 0.326 e. The maximum atomic E-state index is 12.3. The minimum Gasteiger partial charge on any atom is -0.480 e. The van der Waals surface area contributed by atoms with Crippen LogP contribution in [-0.4, -0.2) is 83.7 Å². The molecule has 0 aromatic carbocycles. The van der Waals surface area contributed by atoms with Crippen molar-refractivity contribution in [3.8, 4) is 0 Å². The summed E-state index contributed by atoms with van der Waals surface area (Å²) in [6, 6.07) is -2.86. The number of aliphatic hydroxyl groups excluding tert-OH is 1. The van der Waals surface area contributed by atoms with Crippen molar-refractivity contribution in [2.24, 2.45) is 16.5 Å². The lowest BCUT2D eigenvalue weighted by atomic mass is 10.1. The summed E-state index contributed by atoms with van der Waals surface area (Å²) in [7, 11) is 0. The Morgan fingerprint density at radius 3 is 2.47 bits per heavy atom. The molecule has 1 heterocycles. The summed E-state index contributed by atoms with van der Waals surface area (Å²) < 4.78 is 0. The number of carbonyl (C=O) groups excluding carboxylic acids is 3. The lowest BCUT2D eigenvalue weighted by molar-refractivity contribution is -0.142. The molecule has 0 radical (unpaired) electrons. The molecule has 0 spiro atoms. The van der Waals surface area contributed by atoms with Crippen LogP contribution in [0.4, 0.5) is 0 Å². The topological polar surface area (TPSA) is 221 Å². The molecule has 0 bridgehead atoms. The van der Waals surface area contributed by atoms with Gasteiger partial charge in [0.25, 0.3) is 0 Å². The van der Waals surface area contributed by atoms with E-state index >= 15 is 0 Å². The van der Waals surface area contributed by atoms with E-state index in [4.69, 9.17) is 11.5 Å². The highest BCUT2D eigenvalue weighted by Crippen LogP contribution is 2.06. The molecule has 30 heavy (non-hydrogen) atoms. The number of guanidine groups is 1. The van der Waals surface area contributed by atoms with Crippen LogP contribution in [0.15, 0.2) is 4.99 Å². The van der Waals surface area contributed by atoms with E-state index < -0.39 is 54.5 Å². The summed E-state index contributed by atoms with van der Waals surface area (Å²) in [5.74, 6) is -3.25. The van der Waals surface area contributed by atoms with Crippen molar-refractivity contribution in [2.45, 2.75) is 56.8 Å². The Labute approximate surface area is 174 Å². The highest BCUT2D eigenvalue weighted by molar-refractivity contribution is 5.93. The summed E-state index contributed by atoms with van der Waals surface area (Å²) >= 11 is 0. The number of aliphatic carboxylic acids is 1. The van der Waals surface area contributed by atoms with Gasteiger partial charge in [0.2, 0.25) is 17.7 Å². The van der Waals surface area contributed by atoms with Gasteiger partial charge in [-0.3, -0.25) is 19.4 Å². The first kappa shape index (κ1) is 25.1. The SMILES string of the molecule is CC(O)C(NC(=O)C1CCCN1)C(=O)NCC(=O)NC(CCCN=C(N)N)C(=O)O. The molecule has 13 nitrogen and oxygen atoms in total. The Balaban J connectivity index is 2.50. The third kappa shape index (κ3) is 9.05.